The van der Waals surface area contributed by atoms with Crippen molar-refractivity contribution in [2.75, 3.05) is 13.2 Å². The van der Waals surface area contributed by atoms with Crippen molar-refractivity contribution in [2.45, 2.75) is 51.4 Å². The number of halogens is 6. The highest BCUT2D eigenvalue weighted by Crippen LogP contribution is 2.39. The highest BCUT2D eigenvalue weighted by Gasteiger charge is 2.43. The van der Waals surface area contributed by atoms with Crippen LogP contribution in [-0.2, 0) is 22.3 Å². The predicted molar refractivity (Wildman–Crippen MR) is 152 cm³/mol. The van der Waals surface area contributed by atoms with Gasteiger partial charge in [0.15, 0.2) is 11.5 Å². The summed E-state index contributed by atoms with van der Waals surface area (Å²) < 4.78 is 50.1. The predicted octanol–water partition coefficient (Wildman–Crippen LogP) is 7.19. The van der Waals surface area contributed by atoms with E-state index >= 15 is 0 Å². The summed E-state index contributed by atoms with van der Waals surface area (Å²) in [6, 6.07) is 6.15. The first-order chi connectivity index (χ1) is 19.9. The molecule has 8 nitrogen and oxygen atoms in total. The summed E-state index contributed by atoms with van der Waals surface area (Å²) in [6.45, 7) is 1.10. The number of aromatic nitrogens is 3. The molecule has 0 unspecified atom stereocenters. The molecule has 0 N–H and O–H groups in total. The monoisotopic (exact) mass is 688 g/mol. The van der Waals surface area contributed by atoms with E-state index in [1.807, 2.05) is 0 Å². The van der Waals surface area contributed by atoms with Gasteiger partial charge in [-0.05, 0) is 44.2 Å². The van der Waals surface area contributed by atoms with E-state index in [2.05, 4.69) is 26.0 Å². The minimum Gasteiger partial charge on any atom is -0.466 e. The summed E-state index contributed by atoms with van der Waals surface area (Å²) in [6.07, 6.45) is -0.459. The minimum absolute atomic E-state index is 0.0528. The van der Waals surface area contributed by atoms with Gasteiger partial charge in [-0.2, -0.15) is 18.3 Å². The third-order valence-corrected chi connectivity index (χ3v) is 8.38. The molecule has 224 valence electrons. The number of esters is 1. The lowest BCUT2D eigenvalue weighted by Gasteiger charge is -2.29. The van der Waals surface area contributed by atoms with E-state index in [0.717, 1.165) is 15.8 Å². The maximum atomic E-state index is 14.5. The van der Waals surface area contributed by atoms with E-state index in [0.29, 0.717) is 22.9 Å². The molecule has 1 aliphatic rings. The first-order valence-corrected chi connectivity index (χ1v) is 14.6. The SMILES string of the molecule is CCOC(=O)[C@H]1CC[C@H](n2ncc(C(=O)N(CC(=O)c3c(Cl)cncc3Cl)Cc3ccccc3Br)c2C(F)(F)F)CC1. The molecule has 0 spiro atoms. The lowest BCUT2D eigenvalue weighted by molar-refractivity contribution is -0.151. The molecule has 1 saturated carbocycles. The van der Waals surface area contributed by atoms with Crippen LogP contribution < -0.4 is 0 Å². The van der Waals surface area contributed by atoms with Gasteiger partial charge in [0.2, 0.25) is 0 Å². The largest absolute Gasteiger partial charge is 0.466 e. The van der Waals surface area contributed by atoms with Crippen LogP contribution in [0.3, 0.4) is 0 Å². The lowest BCUT2D eigenvalue weighted by Crippen LogP contribution is -2.37. The Hall–Kier alpha value is -2.96. The maximum Gasteiger partial charge on any atom is 0.433 e. The van der Waals surface area contributed by atoms with Gasteiger partial charge in [-0.1, -0.05) is 57.3 Å². The molecule has 2 aromatic heterocycles. The molecule has 1 aliphatic carbocycles. The second-order valence-corrected chi connectivity index (χ2v) is 11.4. The molecule has 42 heavy (non-hydrogen) atoms. The van der Waals surface area contributed by atoms with Crippen molar-refractivity contribution in [2.24, 2.45) is 5.92 Å². The molecular formula is C28H26BrCl2F3N4O4. The average Bonchev–Trinajstić information content (AvgIpc) is 3.40. The minimum atomic E-state index is -4.93. The molecule has 4 rings (SSSR count). The van der Waals surface area contributed by atoms with Crippen molar-refractivity contribution >= 4 is 56.8 Å². The third kappa shape index (κ3) is 7.15. The number of carbonyl (C=O) groups is 3. The van der Waals surface area contributed by atoms with Crippen molar-refractivity contribution in [3.8, 4) is 0 Å². The summed E-state index contributed by atoms with van der Waals surface area (Å²) in [5, 5.41) is 3.89. The number of benzene rings is 1. The van der Waals surface area contributed by atoms with Gasteiger partial charge in [0.05, 0.1) is 52.5 Å². The number of Topliss-reactive ketones (excluding diaryl/α,β-unsaturated/α-hetero) is 1. The Balaban J connectivity index is 1.68. The molecule has 3 aromatic rings. The molecule has 1 amide bonds. The van der Waals surface area contributed by atoms with Gasteiger partial charge in [-0.15, -0.1) is 0 Å². The van der Waals surface area contributed by atoms with E-state index in [-0.39, 0.29) is 47.6 Å². The molecule has 1 fully saturated rings. The zero-order chi connectivity index (χ0) is 30.6. The summed E-state index contributed by atoms with van der Waals surface area (Å²) in [4.78, 5) is 44.1. The Morgan fingerprint density at radius 2 is 1.71 bits per heavy atom. The first kappa shape index (κ1) is 32.0. The number of carbonyl (C=O) groups excluding carboxylic acids is 3. The fourth-order valence-electron chi connectivity index (χ4n) is 5.03. The topological polar surface area (TPSA) is 94.4 Å². The summed E-state index contributed by atoms with van der Waals surface area (Å²) >= 11 is 15.7. The fourth-order valence-corrected chi connectivity index (χ4v) is 6.01. The second kappa shape index (κ2) is 13.6. The van der Waals surface area contributed by atoms with E-state index in [9.17, 15) is 27.6 Å². The van der Waals surface area contributed by atoms with Gasteiger partial charge in [0.1, 0.15) is 0 Å². The van der Waals surface area contributed by atoms with E-state index in [4.69, 9.17) is 27.9 Å². The molecule has 0 radical (unpaired) electrons. The highest BCUT2D eigenvalue weighted by atomic mass is 79.9. The molecule has 0 atom stereocenters. The summed E-state index contributed by atoms with van der Waals surface area (Å²) in [7, 11) is 0. The molecule has 0 aliphatic heterocycles. The lowest BCUT2D eigenvalue weighted by atomic mass is 9.86. The molecule has 14 heteroatoms. The van der Waals surface area contributed by atoms with Crippen LogP contribution in [0.4, 0.5) is 13.2 Å². The van der Waals surface area contributed by atoms with Gasteiger partial charge in [0, 0.05) is 23.4 Å². The van der Waals surface area contributed by atoms with Crippen molar-refractivity contribution in [3.05, 3.63) is 79.8 Å². The van der Waals surface area contributed by atoms with Crippen LogP contribution >= 0.6 is 39.1 Å². The average molecular weight is 690 g/mol. The highest BCUT2D eigenvalue weighted by molar-refractivity contribution is 9.10. The Bertz CT molecular complexity index is 1460. The first-order valence-electron chi connectivity index (χ1n) is 13.1. The third-order valence-electron chi connectivity index (χ3n) is 7.03. The number of ether oxygens (including phenoxy) is 1. The van der Waals surface area contributed by atoms with Crippen LogP contribution in [0.2, 0.25) is 10.0 Å². The van der Waals surface area contributed by atoms with E-state index < -0.39 is 47.6 Å². The number of amides is 1. The standard InChI is InChI=1S/C28H26BrCl2F3N4O4/c1-2-42-27(41)16-7-9-18(10-8-16)38-25(28(32,33)34)19(11-36-38)26(40)37(14-17-5-3-4-6-20(17)29)15-23(39)24-21(30)12-35-13-22(24)31/h3-6,11-13,16,18H,2,7-10,14-15H2,1H3/t16-,18-. The van der Waals surface area contributed by atoms with Crippen molar-refractivity contribution < 1.29 is 32.3 Å². The summed E-state index contributed by atoms with van der Waals surface area (Å²) in [5.41, 5.74) is -1.44. The van der Waals surface area contributed by atoms with Gasteiger partial charge in [-0.3, -0.25) is 24.0 Å². The van der Waals surface area contributed by atoms with Gasteiger partial charge in [-0.25, -0.2) is 0 Å². The molecule has 0 saturated heterocycles. The Morgan fingerprint density at radius 1 is 1.07 bits per heavy atom. The molecular weight excluding hydrogens is 664 g/mol. The van der Waals surface area contributed by atoms with Crippen LogP contribution in [0, 0.1) is 5.92 Å². The van der Waals surface area contributed by atoms with Crippen molar-refractivity contribution in [1.82, 2.24) is 19.7 Å². The molecule has 1 aromatic carbocycles. The number of nitrogens with zero attached hydrogens (tertiary/aromatic N) is 4. The summed E-state index contributed by atoms with van der Waals surface area (Å²) in [5.74, 6) is -2.49. The molecule has 0 bridgehead atoms. The van der Waals surface area contributed by atoms with Crippen LogP contribution in [0.1, 0.15) is 70.6 Å². The van der Waals surface area contributed by atoms with E-state index in [1.54, 1.807) is 31.2 Å². The second-order valence-electron chi connectivity index (χ2n) is 9.76. The van der Waals surface area contributed by atoms with Crippen LogP contribution in [0.25, 0.3) is 0 Å². The van der Waals surface area contributed by atoms with Crippen LogP contribution in [-0.4, -0.2) is 50.5 Å². The quantitative estimate of drug-likeness (QED) is 0.175. The van der Waals surface area contributed by atoms with Crippen molar-refractivity contribution in [1.29, 1.82) is 0 Å². The van der Waals surface area contributed by atoms with Gasteiger partial charge < -0.3 is 9.64 Å². The zero-order valence-electron chi connectivity index (χ0n) is 22.3. The molecule has 2 heterocycles. The Labute approximate surface area is 258 Å². The number of pyridine rings is 1. The van der Waals surface area contributed by atoms with Crippen LogP contribution in [0.15, 0.2) is 47.3 Å². The number of alkyl halides is 3. The number of hydrogen-bond donors (Lipinski definition) is 0. The zero-order valence-corrected chi connectivity index (χ0v) is 25.4. The van der Waals surface area contributed by atoms with Gasteiger partial charge >= 0.3 is 12.1 Å². The number of hydrogen-bond acceptors (Lipinski definition) is 6. The normalized spacial score (nSPS) is 17.1. The van der Waals surface area contributed by atoms with Crippen molar-refractivity contribution in [3.63, 3.8) is 0 Å². The maximum absolute atomic E-state index is 14.5. The van der Waals surface area contributed by atoms with Gasteiger partial charge in [0.25, 0.3) is 5.91 Å². The fraction of sp³-hybridized carbons (Fsp3) is 0.393. The Morgan fingerprint density at radius 3 is 2.31 bits per heavy atom. The number of ketones is 1. The smallest absolute Gasteiger partial charge is 0.433 e. The van der Waals surface area contributed by atoms with E-state index in [1.165, 1.54) is 12.4 Å². The Kier molecular flexibility index (Phi) is 10.3. The number of rotatable bonds is 9. The van der Waals surface area contributed by atoms with Crippen LogP contribution in [0.5, 0.6) is 0 Å².